The summed E-state index contributed by atoms with van der Waals surface area (Å²) in [7, 11) is 0. The van der Waals surface area contributed by atoms with Gasteiger partial charge >= 0.3 is 0 Å². The topological polar surface area (TPSA) is 66.6 Å². The molecule has 4 heteroatoms. The molecule has 1 aromatic rings. The number of hydrogen-bond acceptors (Lipinski definition) is 3. The monoisotopic (exact) mass is 222 g/mol. The second-order valence-electron chi connectivity index (χ2n) is 3.66. The van der Waals surface area contributed by atoms with Gasteiger partial charge in [-0.1, -0.05) is 6.92 Å². The molecule has 0 heterocycles. The maximum absolute atomic E-state index is 12.1. The molecule has 0 bridgehead atoms. The van der Waals surface area contributed by atoms with E-state index < -0.39 is 0 Å². The number of anilines is 1. The third-order valence-electron chi connectivity index (χ3n) is 2.43. The van der Waals surface area contributed by atoms with Gasteiger partial charge in [0.25, 0.3) is 5.91 Å². The number of hydrogen-bond donors (Lipinski definition) is 2. The summed E-state index contributed by atoms with van der Waals surface area (Å²) in [6.07, 6.45) is 0.901. The van der Waals surface area contributed by atoms with E-state index in [4.69, 9.17) is 5.73 Å². The first-order chi connectivity index (χ1) is 7.60. The molecule has 0 saturated heterocycles. The van der Waals surface area contributed by atoms with E-state index in [0.29, 0.717) is 24.3 Å². The molecular weight excluding hydrogens is 204 g/mol. The van der Waals surface area contributed by atoms with Crippen LogP contribution >= 0.6 is 0 Å². The van der Waals surface area contributed by atoms with Crippen LogP contribution in [0.15, 0.2) is 18.2 Å². The van der Waals surface area contributed by atoms with E-state index in [1.807, 2.05) is 13.8 Å². The van der Waals surface area contributed by atoms with Crippen LogP contribution in [0.3, 0.4) is 0 Å². The highest BCUT2D eigenvalue weighted by molar-refractivity contribution is 5.99. The van der Waals surface area contributed by atoms with Gasteiger partial charge in [0, 0.05) is 18.8 Å². The zero-order valence-corrected chi connectivity index (χ0v) is 9.73. The van der Waals surface area contributed by atoms with Crippen LogP contribution in [-0.2, 0) is 0 Å². The molecular formula is C12H18N2O2. The average molecular weight is 222 g/mol. The lowest BCUT2D eigenvalue weighted by molar-refractivity contribution is 0.0765. The Morgan fingerprint density at radius 1 is 1.44 bits per heavy atom. The lowest BCUT2D eigenvalue weighted by atomic mass is 10.1. The van der Waals surface area contributed by atoms with E-state index in [9.17, 15) is 9.90 Å². The van der Waals surface area contributed by atoms with Gasteiger partial charge in [0.1, 0.15) is 5.75 Å². The van der Waals surface area contributed by atoms with Gasteiger partial charge in [-0.15, -0.1) is 0 Å². The fourth-order valence-corrected chi connectivity index (χ4v) is 1.57. The van der Waals surface area contributed by atoms with Crippen LogP contribution < -0.4 is 5.73 Å². The third kappa shape index (κ3) is 2.66. The summed E-state index contributed by atoms with van der Waals surface area (Å²) in [5.41, 5.74) is 6.49. The molecule has 0 aromatic heterocycles. The van der Waals surface area contributed by atoms with Gasteiger partial charge in [-0.3, -0.25) is 4.79 Å². The predicted molar refractivity (Wildman–Crippen MR) is 64.4 cm³/mol. The fourth-order valence-electron chi connectivity index (χ4n) is 1.57. The summed E-state index contributed by atoms with van der Waals surface area (Å²) in [5, 5.41) is 9.34. The molecule has 0 saturated carbocycles. The zero-order valence-electron chi connectivity index (χ0n) is 9.73. The van der Waals surface area contributed by atoms with E-state index in [1.54, 1.807) is 11.0 Å². The smallest absolute Gasteiger partial charge is 0.256 e. The van der Waals surface area contributed by atoms with Crippen molar-refractivity contribution in [2.45, 2.75) is 20.3 Å². The highest BCUT2D eigenvalue weighted by Crippen LogP contribution is 2.20. The number of nitrogen functional groups attached to an aromatic ring is 1. The first kappa shape index (κ1) is 12.4. The van der Waals surface area contributed by atoms with Gasteiger partial charge in [0.15, 0.2) is 0 Å². The third-order valence-corrected chi connectivity index (χ3v) is 2.43. The number of nitrogens with two attached hydrogens (primary N) is 1. The first-order valence-electron chi connectivity index (χ1n) is 5.47. The summed E-state index contributed by atoms with van der Waals surface area (Å²) in [4.78, 5) is 13.8. The van der Waals surface area contributed by atoms with Gasteiger partial charge < -0.3 is 15.7 Å². The molecule has 1 aromatic carbocycles. The highest BCUT2D eigenvalue weighted by Gasteiger charge is 2.16. The molecule has 1 rings (SSSR count). The summed E-state index contributed by atoms with van der Waals surface area (Å²) in [6, 6.07) is 4.43. The molecule has 1 amide bonds. The van der Waals surface area contributed by atoms with Crippen LogP contribution in [-0.4, -0.2) is 29.0 Å². The Balaban J connectivity index is 2.98. The van der Waals surface area contributed by atoms with Crippen molar-refractivity contribution in [1.82, 2.24) is 4.90 Å². The van der Waals surface area contributed by atoms with Crippen molar-refractivity contribution in [3.05, 3.63) is 23.8 Å². The van der Waals surface area contributed by atoms with Crippen molar-refractivity contribution < 1.29 is 9.90 Å². The predicted octanol–water partition coefficient (Wildman–Crippen LogP) is 1.85. The lowest BCUT2D eigenvalue weighted by Crippen LogP contribution is -2.32. The van der Waals surface area contributed by atoms with Crippen molar-refractivity contribution in [1.29, 1.82) is 0 Å². The van der Waals surface area contributed by atoms with Crippen molar-refractivity contribution in [2.24, 2.45) is 0 Å². The van der Waals surface area contributed by atoms with Gasteiger partial charge in [-0.2, -0.15) is 0 Å². The summed E-state index contributed by atoms with van der Waals surface area (Å²) in [6.45, 7) is 5.28. The first-order valence-corrected chi connectivity index (χ1v) is 5.47. The normalized spacial score (nSPS) is 10.1. The maximum Gasteiger partial charge on any atom is 0.256 e. The van der Waals surface area contributed by atoms with Crippen LogP contribution in [0.1, 0.15) is 30.6 Å². The second kappa shape index (κ2) is 5.39. The summed E-state index contributed by atoms with van der Waals surface area (Å²) in [5.74, 6) is -0.0668. The number of phenols is 1. The minimum Gasteiger partial charge on any atom is -0.508 e. The number of nitrogens with zero attached hydrogens (tertiary/aromatic N) is 1. The quantitative estimate of drug-likeness (QED) is 0.603. The van der Waals surface area contributed by atoms with Crippen LogP contribution in [0.5, 0.6) is 5.75 Å². The van der Waals surface area contributed by atoms with Gasteiger partial charge in [-0.25, -0.2) is 0 Å². The van der Waals surface area contributed by atoms with Gasteiger partial charge in [-0.05, 0) is 31.5 Å². The lowest BCUT2D eigenvalue weighted by Gasteiger charge is -2.20. The number of amides is 1. The van der Waals surface area contributed by atoms with Crippen molar-refractivity contribution in [3.63, 3.8) is 0 Å². The SMILES string of the molecule is CCCN(CC)C(=O)c1cc(O)ccc1N. The fraction of sp³-hybridized carbons (Fsp3) is 0.417. The highest BCUT2D eigenvalue weighted by atomic mass is 16.3. The largest absolute Gasteiger partial charge is 0.508 e. The Kier molecular flexibility index (Phi) is 4.17. The van der Waals surface area contributed by atoms with Crippen molar-refractivity contribution in [2.75, 3.05) is 18.8 Å². The van der Waals surface area contributed by atoms with E-state index in [-0.39, 0.29) is 11.7 Å². The Bertz CT molecular complexity index is 377. The van der Waals surface area contributed by atoms with Gasteiger partial charge in [0.2, 0.25) is 0 Å². The molecule has 16 heavy (non-hydrogen) atoms. The molecule has 4 nitrogen and oxygen atoms in total. The molecule has 0 aliphatic carbocycles. The van der Waals surface area contributed by atoms with E-state index in [1.165, 1.54) is 12.1 Å². The number of carbonyl (C=O) groups excluding carboxylic acids is 1. The standard InChI is InChI=1S/C12H18N2O2/c1-3-7-14(4-2)12(16)10-8-9(15)5-6-11(10)13/h5-6,8,15H,3-4,7,13H2,1-2H3. The number of carbonyl (C=O) groups is 1. The average Bonchev–Trinajstić information content (AvgIpc) is 2.28. The van der Waals surface area contributed by atoms with Gasteiger partial charge in [0.05, 0.1) is 5.56 Å². The number of rotatable bonds is 4. The van der Waals surface area contributed by atoms with Crippen molar-refractivity contribution >= 4 is 11.6 Å². The molecule has 0 spiro atoms. The minimum atomic E-state index is -0.127. The Morgan fingerprint density at radius 3 is 2.69 bits per heavy atom. The molecule has 3 N–H and O–H groups in total. The Morgan fingerprint density at radius 2 is 2.12 bits per heavy atom. The number of aromatic hydroxyl groups is 1. The zero-order chi connectivity index (χ0) is 12.1. The Hall–Kier alpha value is -1.71. The molecule has 88 valence electrons. The second-order valence-corrected chi connectivity index (χ2v) is 3.66. The van der Waals surface area contributed by atoms with Crippen molar-refractivity contribution in [3.8, 4) is 5.75 Å². The molecule has 0 atom stereocenters. The molecule has 0 radical (unpaired) electrons. The van der Waals surface area contributed by atoms with Crippen LogP contribution in [0, 0.1) is 0 Å². The summed E-state index contributed by atoms with van der Waals surface area (Å²) >= 11 is 0. The van der Waals surface area contributed by atoms with Crippen LogP contribution in [0.4, 0.5) is 5.69 Å². The molecule has 0 aliphatic rings. The molecule has 0 unspecified atom stereocenters. The minimum absolute atomic E-state index is 0.0603. The number of benzene rings is 1. The van der Waals surface area contributed by atoms with Crippen LogP contribution in [0.2, 0.25) is 0 Å². The van der Waals surface area contributed by atoms with E-state index >= 15 is 0 Å². The maximum atomic E-state index is 12.1. The Labute approximate surface area is 95.7 Å². The van der Waals surface area contributed by atoms with E-state index in [0.717, 1.165) is 6.42 Å². The van der Waals surface area contributed by atoms with Crippen LogP contribution in [0.25, 0.3) is 0 Å². The number of phenolic OH excluding ortho intramolecular Hbond substituents is 1. The molecule has 0 fully saturated rings. The van der Waals surface area contributed by atoms with E-state index in [2.05, 4.69) is 0 Å². The molecule has 0 aliphatic heterocycles. The summed E-state index contributed by atoms with van der Waals surface area (Å²) < 4.78 is 0.